The van der Waals surface area contributed by atoms with Gasteiger partial charge in [-0.3, -0.25) is 0 Å². The van der Waals surface area contributed by atoms with Gasteiger partial charge in [-0.1, -0.05) is 39.5 Å². The van der Waals surface area contributed by atoms with Crippen molar-refractivity contribution in [3.05, 3.63) is 5.89 Å². The Kier molecular flexibility index (Phi) is 5.13. The molecule has 1 aromatic rings. The maximum Gasteiger partial charge on any atom is 0.276 e. The molecular formula is C15H27N3OS. The van der Waals surface area contributed by atoms with E-state index >= 15 is 0 Å². The highest BCUT2D eigenvalue weighted by Gasteiger charge is 2.36. The predicted octanol–water partition coefficient (Wildman–Crippen LogP) is 3.66. The first-order chi connectivity index (χ1) is 9.40. The maximum atomic E-state index is 5.55. The van der Waals surface area contributed by atoms with Gasteiger partial charge in [0, 0.05) is 18.2 Å². The summed E-state index contributed by atoms with van der Waals surface area (Å²) in [4.78, 5) is 0. The summed E-state index contributed by atoms with van der Waals surface area (Å²) in [7, 11) is 0. The Morgan fingerprint density at radius 2 is 2.05 bits per heavy atom. The Balaban J connectivity index is 2.06. The molecule has 1 fully saturated rings. The molecule has 3 atom stereocenters. The van der Waals surface area contributed by atoms with Crippen LogP contribution in [0.3, 0.4) is 0 Å². The second-order valence-corrected chi connectivity index (χ2v) is 7.97. The Labute approximate surface area is 126 Å². The third-order valence-electron chi connectivity index (χ3n) is 4.24. The average molecular weight is 297 g/mol. The molecule has 0 bridgehead atoms. The molecule has 1 heterocycles. The van der Waals surface area contributed by atoms with Gasteiger partial charge in [-0.15, -0.1) is 10.2 Å². The summed E-state index contributed by atoms with van der Waals surface area (Å²) < 4.78 is 5.55. The number of nitrogens with one attached hydrogen (secondary N) is 1. The van der Waals surface area contributed by atoms with Gasteiger partial charge in [0.15, 0.2) is 0 Å². The van der Waals surface area contributed by atoms with Gasteiger partial charge in [0.25, 0.3) is 5.22 Å². The number of nitrogens with zero attached hydrogens (tertiary/aromatic N) is 2. The zero-order chi connectivity index (χ0) is 14.8. The lowest BCUT2D eigenvalue weighted by Gasteiger charge is -2.41. The Morgan fingerprint density at radius 3 is 2.60 bits per heavy atom. The summed E-state index contributed by atoms with van der Waals surface area (Å²) in [5.74, 6) is 1.41. The van der Waals surface area contributed by atoms with E-state index in [-0.39, 0.29) is 0 Å². The van der Waals surface area contributed by atoms with Crippen LogP contribution in [0.15, 0.2) is 9.64 Å². The largest absolute Gasteiger partial charge is 0.416 e. The average Bonchev–Trinajstić information content (AvgIpc) is 2.76. The molecule has 1 aliphatic carbocycles. The summed E-state index contributed by atoms with van der Waals surface area (Å²) in [6.45, 7) is 12.1. The minimum Gasteiger partial charge on any atom is -0.416 e. The van der Waals surface area contributed by atoms with Gasteiger partial charge >= 0.3 is 0 Å². The van der Waals surface area contributed by atoms with E-state index in [0.717, 1.165) is 12.5 Å². The van der Waals surface area contributed by atoms with Crippen molar-refractivity contribution in [2.24, 2.45) is 11.3 Å². The van der Waals surface area contributed by atoms with Gasteiger partial charge in [-0.2, -0.15) is 0 Å². The first kappa shape index (κ1) is 15.8. The zero-order valence-corrected chi connectivity index (χ0v) is 14.1. The molecule has 0 aromatic carbocycles. The summed E-state index contributed by atoms with van der Waals surface area (Å²) in [5, 5.41) is 12.9. The first-order valence-electron chi connectivity index (χ1n) is 7.60. The Hall–Kier alpha value is -0.550. The minimum atomic E-state index is 0.376. The van der Waals surface area contributed by atoms with Crippen molar-refractivity contribution in [2.75, 3.05) is 6.54 Å². The van der Waals surface area contributed by atoms with Crippen molar-refractivity contribution in [2.45, 2.75) is 70.4 Å². The van der Waals surface area contributed by atoms with Crippen LogP contribution in [0.1, 0.15) is 52.8 Å². The molecule has 0 radical (unpaired) electrons. The van der Waals surface area contributed by atoms with Gasteiger partial charge in [-0.05, 0) is 37.1 Å². The van der Waals surface area contributed by atoms with Crippen molar-refractivity contribution < 1.29 is 4.42 Å². The quantitative estimate of drug-likeness (QED) is 0.919. The van der Waals surface area contributed by atoms with Crippen molar-refractivity contribution in [3.8, 4) is 0 Å². The standard InChI is InChI=1S/C15H27N3OS/c1-6-16-12-8-7-11(15(3,4)5)9-13(12)20-14-18-17-10(2)19-14/h11-13,16H,6-9H2,1-5H3. The van der Waals surface area contributed by atoms with Crippen LogP contribution in [0.4, 0.5) is 0 Å². The smallest absolute Gasteiger partial charge is 0.276 e. The minimum absolute atomic E-state index is 0.376. The predicted molar refractivity (Wildman–Crippen MR) is 82.9 cm³/mol. The molecule has 114 valence electrons. The molecular weight excluding hydrogens is 270 g/mol. The van der Waals surface area contributed by atoms with E-state index in [1.807, 2.05) is 6.92 Å². The molecule has 0 aliphatic heterocycles. The first-order valence-corrected chi connectivity index (χ1v) is 8.48. The van der Waals surface area contributed by atoms with E-state index < -0.39 is 0 Å². The highest BCUT2D eigenvalue weighted by molar-refractivity contribution is 7.99. The number of aromatic nitrogens is 2. The number of hydrogen-bond acceptors (Lipinski definition) is 5. The molecule has 20 heavy (non-hydrogen) atoms. The van der Waals surface area contributed by atoms with Crippen LogP contribution in [0.2, 0.25) is 0 Å². The fraction of sp³-hybridized carbons (Fsp3) is 0.867. The van der Waals surface area contributed by atoms with Crippen LogP contribution in [0.25, 0.3) is 0 Å². The molecule has 3 unspecified atom stereocenters. The molecule has 2 rings (SSSR count). The molecule has 0 spiro atoms. The van der Waals surface area contributed by atoms with E-state index in [2.05, 4.69) is 43.2 Å². The lowest BCUT2D eigenvalue weighted by Crippen LogP contribution is -2.44. The van der Waals surface area contributed by atoms with Crippen LogP contribution in [0, 0.1) is 18.3 Å². The monoisotopic (exact) mass is 297 g/mol. The van der Waals surface area contributed by atoms with E-state index in [1.54, 1.807) is 11.8 Å². The molecule has 0 amide bonds. The lowest BCUT2D eigenvalue weighted by molar-refractivity contribution is 0.165. The van der Waals surface area contributed by atoms with E-state index in [0.29, 0.717) is 27.8 Å². The number of aryl methyl sites for hydroxylation is 1. The normalized spacial score (nSPS) is 27.8. The van der Waals surface area contributed by atoms with Crippen LogP contribution in [0.5, 0.6) is 0 Å². The number of rotatable bonds is 4. The third-order valence-corrected chi connectivity index (χ3v) is 5.43. The Morgan fingerprint density at radius 1 is 1.30 bits per heavy atom. The SMILES string of the molecule is CCNC1CCC(C(C)(C)C)CC1Sc1nnc(C)o1. The number of thioether (sulfide) groups is 1. The summed E-state index contributed by atoms with van der Waals surface area (Å²) in [5.41, 5.74) is 0.376. The van der Waals surface area contributed by atoms with Gasteiger partial charge in [0.05, 0.1) is 0 Å². The molecule has 1 saturated carbocycles. The van der Waals surface area contributed by atoms with E-state index in [9.17, 15) is 0 Å². The van der Waals surface area contributed by atoms with Crippen LogP contribution in [-0.4, -0.2) is 28.0 Å². The summed E-state index contributed by atoms with van der Waals surface area (Å²) in [6.07, 6.45) is 3.76. The van der Waals surface area contributed by atoms with Crippen molar-refractivity contribution in [3.63, 3.8) is 0 Å². The Bertz CT molecular complexity index is 427. The van der Waals surface area contributed by atoms with E-state index in [4.69, 9.17) is 4.42 Å². The molecule has 0 saturated heterocycles. The topological polar surface area (TPSA) is 51.0 Å². The van der Waals surface area contributed by atoms with E-state index in [1.165, 1.54) is 19.3 Å². The van der Waals surface area contributed by atoms with Gasteiger partial charge < -0.3 is 9.73 Å². The zero-order valence-electron chi connectivity index (χ0n) is 13.3. The molecule has 4 nitrogen and oxygen atoms in total. The molecule has 5 heteroatoms. The maximum absolute atomic E-state index is 5.55. The van der Waals surface area contributed by atoms with Crippen LogP contribution in [-0.2, 0) is 0 Å². The number of hydrogen-bond donors (Lipinski definition) is 1. The molecule has 1 aliphatic rings. The molecule has 1 N–H and O–H groups in total. The van der Waals surface area contributed by atoms with Crippen molar-refractivity contribution in [1.29, 1.82) is 0 Å². The fourth-order valence-electron chi connectivity index (χ4n) is 3.00. The third kappa shape index (κ3) is 3.98. The second-order valence-electron chi connectivity index (χ2n) is 6.78. The highest BCUT2D eigenvalue weighted by atomic mass is 32.2. The van der Waals surface area contributed by atoms with Crippen LogP contribution < -0.4 is 5.32 Å². The highest BCUT2D eigenvalue weighted by Crippen LogP contribution is 2.43. The van der Waals surface area contributed by atoms with Crippen LogP contribution >= 0.6 is 11.8 Å². The summed E-state index contributed by atoms with van der Waals surface area (Å²) >= 11 is 1.75. The van der Waals surface area contributed by atoms with Gasteiger partial charge in [-0.25, -0.2) is 0 Å². The second kappa shape index (κ2) is 6.48. The van der Waals surface area contributed by atoms with Gasteiger partial charge in [0.1, 0.15) is 0 Å². The fourth-order valence-corrected chi connectivity index (χ4v) is 4.24. The lowest BCUT2D eigenvalue weighted by atomic mass is 9.71. The summed E-state index contributed by atoms with van der Waals surface area (Å²) in [6, 6.07) is 0.552. The molecule has 1 aromatic heterocycles. The van der Waals surface area contributed by atoms with Crippen molar-refractivity contribution >= 4 is 11.8 Å². The van der Waals surface area contributed by atoms with Gasteiger partial charge in [0.2, 0.25) is 5.89 Å². The van der Waals surface area contributed by atoms with Crippen molar-refractivity contribution in [1.82, 2.24) is 15.5 Å².